The maximum atomic E-state index is 6.34. The van der Waals surface area contributed by atoms with Crippen LogP contribution in [0.25, 0.3) is 265 Å². The first kappa shape index (κ1) is 78.9. The molecule has 14 heteroatoms. The Labute approximate surface area is 800 Å². The lowest BCUT2D eigenvalue weighted by Crippen LogP contribution is -2.14. The summed E-state index contributed by atoms with van der Waals surface area (Å²) in [5.41, 5.74) is 29.9. The van der Waals surface area contributed by atoms with E-state index in [0.29, 0.717) is 0 Å². The number of rotatable bonds is 9. The van der Waals surface area contributed by atoms with E-state index in [1.54, 1.807) is 34.0 Å². The average Bonchev–Trinajstić information content (AvgIpc) is 1.53. The van der Waals surface area contributed by atoms with E-state index in [2.05, 4.69) is 379 Å². The van der Waals surface area contributed by atoms with Crippen molar-refractivity contribution < 1.29 is 4.42 Å². The zero-order chi connectivity index (χ0) is 90.2. The molecule has 11 aromatic heterocycles. The van der Waals surface area contributed by atoms with E-state index in [1.807, 2.05) is 78.1 Å². The molecule has 0 amide bonds. The molecule has 1 aliphatic carbocycles. The maximum Gasteiger partial charge on any atom is 0.160 e. The third-order valence-corrected chi connectivity index (χ3v) is 32.3. The second-order valence-electron chi connectivity index (χ2n) is 35.7. The van der Waals surface area contributed by atoms with E-state index in [0.717, 1.165) is 154 Å². The van der Waals surface area contributed by atoms with Crippen LogP contribution >= 0.6 is 45.3 Å². The van der Waals surface area contributed by atoms with Crippen molar-refractivity contribution in [3.05, 3.63) is 430 Å². The topological polar surface area (TPSA) is 105 Å². The first-order valence-corrected chi connectivity index (χ1v) is 49.4. The Balaban J connectivity index is 0.000000102. The standard InChI is InChI=1S/C43H29N3S.C40H23N3OS.C40H23N3S2/c1-43(2)33-17-9-6-15-31(33)37-34(43)25-24-30-29-14-7-10-18-35(29)46(40(30)37)28-22-20-26(21-23-28)38-41-39(32-16-8-11-19-36(32)47-41)45-42(44-38)27-12-4-3-5-13-27;1-2-11-24(12-3-1)40-41-36(39-37(42-40)30-17-6-9-20-34(30)45-39)25-13-10-14-26(23-25)43-31-18-7-4-15-27(31)28-21-22-33-35(38(28)43)29-16-5-8-19-32(29)44-33;1-2-11-24(12-3-1)40-41-36(39-37(42-40)30-17-6-9-20-33(30)45-39)25-13-10-14-26(23-25)43-31-18-7-4-15-27(31)28-21-22-34-35(38(28)43)29-16-5-8-19-32(29)44-34/h3-25H,1-2H3;2*1-23H. The molecule has 0 unspecified atom stereocenters. The molecule has 30 rings (SSSR count). The minimum atomic E-state index is -0.0651. The van der Waals surface area contributed by atoms with Gasteiger partial charge in [-0.05, 0) is 120 Å². The monoisotopic (exact) mass is 1820 g/mol. The zero-order valence-corrected chi connectivity index (χ0v) is 77.2. The predicted octanol–water partition coefficient (Wildman–Crippen LogP) is 34.4. The number of fused-ring (bicyclic) bond motifs is 30. The van der Waals surface area contributed by atoms with Crippen LogP contribution in [0, 0.1) is 0 Å². The van der Waals surface area contributed by atoms with Crippen LogP contribution in [0.5, 0.6) is 0 Å². The normalized spacial score (nSPS) is 12.5. The molecule has 0 aliphatic heterocycles. The van der Waals surface area contributed by atoms with Crippen LogP contribution in [0.2, 0.25) is 0 Å². The smallest absolute Gasteiger partial charge is 0.160 e. The highest BCUT2D eigenvalue weighted by atomic mass is 32.1. The fourth-order valence-corrected chi connectivity index (χ4v) is 26.0. The Morgan fingerprint density at radius 3 is 1.12 bits per heavy atom. The summed E-state index contributed by atoms with van der Waals surface area (Å²) >= 11 is 7.16. The Hall–Kier alpha value is -16.7. The molecule has 11 heterocycles. The first-order chi connectivity index (χ1) is 67.7. The summed E-state index contributed by atoms with van der Waals surface area (Å²) < 4.78 is 23.3. The van der Waals surface area contributed by atoms with Crippen LogP contribution in [0.1, 0.15) is 25.0 Å². The summed E-state index contributed by atoms with van der Waals surface area (Å²) in [5.74, 6) is 2.23. The van der Waals surface area contributed by atoms with E-state index in [4.69, 9.17) is 34.3 Å². The van der Waals surface area contributed by atoms with E-state index < -0.39 is 0 Å². The molecule has 0 saturated carbocycles. The van der Waals surface area contributed by atoms with E-state index in [1.165, 1.54) is 122 Å². The van der Waals surface area contributed by atoms with Gasteiger partial charge in [-0.2, -0.15) is 0 Å². The van der Waals surface area contributed by atoms with E-state index >= 15 is 0 Å². The predicted molar refractivity (Wildman–Crippen MR) is 578 cm³/mol. The van der Waals surface area contributed by atoms with Gasteiger partial charge in [0.05, 0.1) is 86.2 Å². The number of hydrogen-bond acceptors (Lipinski definition) is 11. The first-order valence-electron chi connectivity index (χ1n) is 46.1. The minimum absolute atomic E-state index is 0.0651. The summed E-state index contributed by atoms with van der Waals surface area (Å²) in [6, 6.07) is 149. The van der Waals surface area contributed by atoms with Gasteiger partial charge < -0.3 is 18.1 Å². The second-order valence-corrected chi connectivity index (χ2v) is 40.0. The van der Waals surface area contributed by atoms with Crippen molar-refractivity contribution in [3.63, 3.8) is 0 Å². The number of para-hydroxylation sites is 4. The minimum Gasteiger partial charge on any atom is -0.456 e. The number of hydrogen-bond donors (Lipinski definition) is 0. The lowest BCUT2D eigenvalue weighted by atomic mass is 9.82. The van der Waals surface area contributed by atoms with Crippen LogP contribution in [0.4, 0.5) is 0 Å². The van der Waals surface area contributed by atoms with Crippen LogP contribution in [0.15, 0.2) is 423 Å². The van der Waals surface area contributed by atoms with Gasteiger partial charge in [-0.15, -0.1) is 45.3 Å². The highest BCUT2D eigenvalue weighted by Gasteiger charge is 2.38. The molecule has 0 spiro atoms. The van der Waals surface area contributed by atoms with Gasteiger partial charge in [0.2, 0.25) is 0 Å². The van der Waals surface area contributed by atoms with Crippen LogP contribution in [0.3, 0.4) is 0 Å². The Bertz CT molecular complexity index is 9670. The summed E-state index contributed by atoms with van der Waals surface area (Å²) in [4.78, 5) is 31.1. The molecular formula is C123H75N9OS4. The number of thiophene rings is 4. The zero-order valence-electron chi connectivity index (χ0n) is 73.9. The Morgan fingerprint density at radius 1 is 0.234 bits per heavy atom. The van der Waals surface area contributed by atoms with Gasteiger partial charge in [-0.3, -0.25) is 0 Å². The molecule has 18 aromatic carbocycles. The lowest BCUT2D eigenvalue weighted by molar-refractivity contribution is 0.661. The van der Waals surface area contributed by atoms with Crippen molar-refractivity contribution >= 4 is 214 Å². The number of nitrogens with zero attached hydrogens (tertiary/aromatic N) is 9. The highest BCUT2D eigenvalue weighted by molar-refractivity contribution is 7.27. The Kier molecular flexibility index (Phi) is 18.0. The van der Waals surface area contributed by atoms with Crippen molar-refractivity contribution in [2.45, 2.75) is 19.3 Å². The van der Waals surface area contributed by atoms with Crippen LogP contribution in [-0.2, 0) is 5.41 Å². The van der Waals surface area contributed by atoms with Crippen molar-refractivity contribution in [1.29, 1.82) is 0 Å². The molecule has 0 N–H and O–H groups in total. The van der Waals surface area contributed by atoms with Gasteiger partial charge in [-0.25, -0.2) is 29.9 Å². The largest absolute Gasteiger partial charge is 0.456 e. The van der Waals surface area contributed by atoms with Crippen LogP contribution < -0.4 is 0 Å². The summed E-state index contributed by atoms with van der Waals surface area (Å²) in [7, 11) is 0. The molecule has 0 fully saturated rings. The number of benzene rings is 18. The maximum absolute atomic E-state index is 6.34. The van der Waals surface area contributed by atoms with Gasteiger partial charge in [0.1, 0.15) is 11.2 Å². The third-order valence-electron chi connectivity index (χ3n) is 27.6. The second kappa shape index (κ2) is 31.2. The number of aromatic nitrogens is 9. The molecule has 1 aliphatic rings. The van der Waals surface area contributed by atoms with E-state index in [-0.39, 0.29) is 5.41 Å². The van der Waals surface area contributed by atoms with Gasteiger partial charge in [0, 0.05) is 150 Å². The van der Waals surface area contributed by atoms with Crippen molar-refractivity contribution in [2.24, 2.45) is 0 Å². The molecule has 0 atom stereocenters. The fourth-order valence-electron chi connectivity index (χ4n) is 21.4. The van der Waals surface area contributed by atoms with Crippen molar-refractivity contribution in [2.75, 3.05) is 0 Å². The third kappa shape index (κ3) is 12.4. The van der Waals surface area contributed by atoms with Gasteiger partial charge in [0.25, 0.3) is 0 Å². The summed E-state index contributed by atoms with van der Waals surface area (Å²) in [5, 5.41) is 15.9. The van der Waals surface area contributed by atoms with Crippen molar-refractivity contribution in [1.82, 2.24) is 43.6 Å². The van der Waals surface area contributed by atoms with Gasteiger partial charge in [-0.1, -0.05) is 329 Å². The highest BCUT2D eigenvalue weighted by Crippen LogP contribution is 2.55. The van der Waals surface area contributed by atoms with Gasteiger partial charge in [0.15, 0.2) is 17.5 Å². The molecule has 137 heavy (non-hydrogen) atoms. The van der Waals surface area contributed by atoms with Gasteiger partial charge >= 0.3 is 0 Å². The molecule has 0 radical (unpaired) electrons. The molecule has 0 saturated heterocycles. The molecular weight excluding hydrogens is 1750 g/mol. The fraction of sp³-hybridized carbons (Fsp3) is 0.0244. The molecule has 29 aromatic rings. The quantitative estimate of drug-likeness (QED) is 0.142. The van der Waals surface area contributed by atoms with E-state index in [9.17, 15) is 0 Å². The SMILES string of the molecule is CC1(C)c2ccccc2-c2c1ccc1c3ccccc3n(-c3ccc(-c4nc(-c5ccccc5)nc5c4sc4ccccc45)cc3)c21.c1ccc(-c2nc(-c3cccc(-n4c5ccccc5c5ccc6oc7ccccc7c6c54)c3)c3sc4ccccc4c3n2)cc1.c1ccc(-c2nc(-c3cccc(-n4c5ccccc5c5ccc6sc7ccccc7c6c54)c3)c3sc4ccccc4c3n2)cc1. The Morgan fingerprint density at radius 2 is 0.613 bits per heavy atom. The number of furan rings is 1. The molecule has 0 bridgehead atoms. The summed E-state index contributed by atoms with van der Waals surface area (Å²) in [6.45, 7) is 4.71. The van der Waals surface area contributed by atoms with Crippen molar-refractivity contribution in [3.8, 4) is 96.1 Å². The molecule has 10 nitrogen and oxygen atoms in total. The lowest BCUT2D eigenvalue weighted by Gasteiger charge is -2.21. The van der Waals surface area contributed by atoms with Crippen LogP contribution in [-0.4, -0.2) is 43.6 Å². The average molecular weight is 1820 g/mol. The molecule has 642 valence electrons. The summed E-state index contributed by atoms with van der Waals surface area (Å²) in [6.07, 6.45) is 0.